The summed E-state index contributed by atoms with van der Waals surface area (Å²) in [7, 11) is 4.49. The Morgan fingerprint density at radius 3 is 1.77 bits per heavy atom. The average molecular weight is 570 g/mol. The maximum atomic E-state index is 7.88. The first-order chi connectivity index (χ1) is 16.9. The minimum Gasteiger partial charge on any atom is -1.00 e. The Balaban J connectivity index is -0.000000623. The second-order valence-corrected chi connectivity index (χ2v) is 11.6. The summed E-state index contributed by atoms with van der Waals surface area (Å²) in [6.45, 7) is 21.7. The third-order valence-corrected chi connectivity index (χ3v) is 5.62. The molecule has 0 bridgehead atoms. The summed E-state index contributed by atoms with van der Waals surface area (Å²) in [6, 6.07) is 19.2. The second-order valence-electron chi connectivity index (χ2n) is 11.6. The highest BCUT2D eigenvalue weighted by atomic mass is 35.5. The van der Waals surface area contributed by atoms with Crippen molar-refractivity contribution in [2.75, 3.05) is 47.1 Å². The molecular weight excluding hydrogens is 506 g/mol. The molecule has 4 nitrogen and oxygen atoms in total. The van der Waals surface area contributed by atoms with E-state index in [2.05, 4.69) is 103 Å². The minimum absolute atomic E-state index is 0. The van der Waals surface area contributed by atoms with Gasteiger partial charge in [-0.2, -0.15) is 0 Å². The third-order valence-electron chi connectivity index (χ3n) is 5.62. The Hall–Kier alpha value is -1.59. The van der Waals surface area contributed by atoms with Crippen LogP contribution in [-0.4, -0.2) is 56.7 Å². The van der Waals surface area contributed by atoms with Gasteiger partial charge in [0.25, 0.3) is 0 Å². The van der Waals surface area contributed by atoms with E-state index in [0.29, 0.717) is 25.2 Å². The van der Waals surface area contributed by atoms with Crippen molar-refractivity contribution in [1.82, 2.24) is 0 Å². The molecule has 0 fully saturated rings. The normalized spacial score (nSPS) is 10.7. The Morgan fingerprint density at radius 1 is 0.795 bits per heavy atom. The molecular formula is C34H64ClNO3. The molecule has 0 heterocycles. The van der Waals surface area contributed by atoms with Crippen molar-refractivity contribution in [2.45, 2.75) is 95.0 Å². The molecule has 0 spiro atoms. The van der Waals surface area contributed by atoms with Crippen molar-refractivity contribution < 1.29 is 31.5 Å². The molecule has 0 saturated carbocycles. The number of ether oxygens (including phenoxy) is 2. The van der Waals surface area contributed by atoms with Gasteiger partial charge < -0.3 is 31.5 Å². The van der Waals surface area contributed by atoms with Crippen LogP contribution in [0.15, 0.2) is 54.6 Å². The van der Waals surface area contributed by atoms with E-state index in [-0.39, 0.29) is 32.7 Å². The zero-order valence-corrected chi connectivity index (χ0v) is 26.2. The van der Waals surface area contributed by atoms with Gasteiger partial charge in [-0.05, 0) is 41.4 Å². The molecule has 0 atom stereocenters. The Morgan fingerprint density at radius 2 is 1.31 bits per heavy atom. The van der Waals surface area contributed by atoms with Gasteiger partial charge in [-0.1, -0.05) is 113 Å². The monoisotopic (exact) mass is 569 g/mol. The van der Waals surface area contributed by atoms with Crippen LogP contribution in [0.1, 0.15) is 94.2 Å². The molecule has 0 aliphatic carbocycles. The molecule has 39 heavy (non-hydrogen) atoms. The fourth-order valence-corrected chi connectivity index (χ4v) is 4.22. The molecule has 0 aliphatic heterocycles. The fourth-order valence-electron chi connectivity index (χ4n) is 4.22. The van der Waals surface area contributed by atoms with Crippen molar-refractivity contribution in [1.29, 1.82) is 0 Å². The topological polar surface area (TPSA) is 38.7 Å². The predicted octanol–water partition coefficient (Wildman–Crippen LogP) is 5.76. The number of rotatable bonds is 12. The van der Waals surface area contributed by atoms with Crippen LogP contribution in [0.5, 0.6) is 5.75 Å². The molecule has 0 aromatic heterocycles. The predicted molar refractivity (Wildman–Crippen MR) is 169 cm³/mol. The van der Waals surface area contributed by atoms with Crippen molar-refractivity contribution in [3.63, 3.8) is 0 Å². The van der Waals surface area contributed by atoms with Crippen molar-refractivity contribution >= 4 is 0 Å². The fraction of sp³-hybridized carbons (Fsp3) is 0.647. The van der Waals surface area contributed by atoms with E-state index in [4.69, 9.17) is 14.6 Å². The summed E-state index contributed by atoms with van der Waals surface area (Å²) in [4.78, 5) is 0. The van der Waals surface area contributed by atoms with Gasteiger partial charge in [0.1, 0.15) is 25.4 Å². The van der Waals surface area contributed by atoms with Gasteiger partial charge in [-0.3, -0.25) is 0 Å². The van der Waals surface area contributed by atoms with Gasteiger partial charge >= 0.3 is 0 Å². The minimum atomic E-state index is 0. The van der Waals surface area contributed by atoms with Crippen molar-refractivity contribution in [3.8, 4) is 5.75 Å². The maximum Gasteiger partial charge on any atom is 0.119 e. The van der Waals surface area contributed by atoms with Crippen molar-refractivity contribution in [3.05, 3.63) is 65.7 Å². The number of aliphatic hydroxyl groups excluding tert-OH is 1. The second kappa shape index (κ2) is 23.1. The number of aliphatic hydroxyl groups is 1. The molecule has 1 N–H and O–H groups in total. The van der Waals surface area contributed by atoms with Crippen LogP contribution in [0.4, 0.5) is 0 Å². The molecule has 2 rings (SSSR count). The van der Waals surface area contributed by atoms with Gasteiger partial charge in [0.15, 0.2) is 0 Å². The number of hydrogen-bond donors (Lipinski definition) is 1. The number of hydrogen-bond acceptors (Lipinski definition) is 3. The lowest BCUT2D eigenvalue weighted by molar-refractivity contribution is -0.904. The van der Waals surface area contributed by atoms with Crippen LogP contribution in [0.2, 0.25) is 0 Å². The Labute approximate surface area is 250 Å². The maximum absolute atomic E-state index is 7.88. The number of halogens is 1. The molecule has 0 radical (unpaired) electrons. The Bertz CT molecular complexity index is 782. The summed E-state index contributed by atoms with van der Waals surface area (Å²) >= 11 is 0. The van der Waals surface area contributed by atoms with Gasteiger partial charge in [0.2, 0.25) is 0 Å². The molecule has 0 saturated heterocycles. The highest BCUT2D eigenvalue weighted by Crippen LogP contribution is 2.36. The Kier molecular flexibility index (Phi) is 26.4. The molecule has 0 aliphatic rings. The van der Waals surface area contributed by atoms with Crippen LogP contribution >= 0.6 is 0 Å². The summed E-state index contributed by atoms with van der Waals surface area (Å²) in [6.07, 6.45) is 2.02. The first kappa shape index (κ1) is 44.4. The van der Waals surface area contributed by atoms with E-state index in [9.17, 15) is 0 Å². The molecule has 0 unspecified atom stereocenters. The quantitative estimate of drug-likeness (QED) is 0.261. The van der Waals surface area contributed by atoms with Crippen LogP contribution in [0.3, 0.4) is 0 Å². The number of benzene rings is 2. The van der Waals surface area contributed by atoms with E-state index in [1.54, 1.807) is 0 Å². The van der Waals surface area contributed by atoms with E-state index >= 15 is 0 Å². The average Bonchev–Trinajstić information content (AvgIpc) is 2.82. The first-order valence-corrected chi connectivity index (χ1v) is 13.7. The largest absolute Gasteiger partial charge is 1.00 e. The van der Waals surface area contributed by atoms with Gasteiger partial charge in [-0.25, -0.2) is 0 Å². The smallest absolute Gasteiger partial charge is 0.119 e. The standard InChI is InChI=1S/C27H42NO2.C3H8O.C2H6.2CH4.ClH/c1-26(2,3)22-27(4,5)24-13-15-25(16-14-24)30-20-19-29-18-17-28(6,7)21-23-11-9-8-10-12-23;1-2-3-4;1-2;;;/h8-16H,17-22H2,1-7H3;4H,2-3H2,1H3;1-2H3;2*1H4;1H/q+1;;;;;/p-1. The van der Waals surface area contributed by atoms with E-state index in [0.717, 1.165) is 42.8 Å². The zero-order valence-electron chi connectivity index (χ0n) is 25.4. The van der Waals surface area contributed by atoms with E-state index in [1.165, 1.54) is 11.1 Å². The SMILES string of the molecule is C.C.CC.CC(C)(C)CC(C)(C)c1ccc(OCCOCC[N+](C)(C)Cc2ccccc2)cc1.CCCO.[Cl-]. The number of likely N-dealkylation sites (N-methyl/N-ethyl adjacent to an activating group) is 1. The number of nitrogens with zero attached hydrogens (tertiary/aromatic N) is 1. The van der Waals surface area contributed by atoms with Gasteiger partial charge in [0.05, 0.1) is 27.3 Å². The van der Waals surface area contributed by atoms with E-state index in [1.807, 2.05) is 20.8 Å². The van der Waals surface area contributed by atoms with E-state index < -0.39 is 0 Å². The summed E-state index contributed by atoms with van der Waals surface area (Å²) in [5, 5.41) is 7.88. The summed E-state index contributed by atoms with van der Waals surface area (Å²) in [5.74, 6) is 0.911. The highest BCUT2D eigenvalue weighted by molar-refractivity contribution is 5.31. The summed E-state index contributed by atoms with van der Waals surface area (Å²) < 4.78 is 12.6. The van der Waals surface area contributed by atoms with Gasteiger partial charge in [0, 0.05) is 12.2 Å². The van der Waals surface area contributed by atoms with Crippen LogP contribution < -0.4 is 17.1 Å². The van der Waals surface area contributed by atoms with Crippen molar-refractivity contribution in [2.24, 2.45) is 5.41 Å². The zero-order chi connectivity index (χ0) is 27.7. The molecule has 5 heteroatoms. The molecule has 2 aromatic rings. The lowest BCUT2D eigenvalue weighted by atomic mass is 9.72. The highest BCUT2D eigenvalue weighted by Gasteiger charge is 2.27. The number of quaternary nitrogens is 1. The first-order valence-electron chi connectivity index (χ1n) is 13.7. The third kappa shape index (κ3) is 21.9. The molecule has 230 valence electrons. The molecule has 2 aromatic carbocycles. The van der Waals surface area contributed by atoms with Gasteiger partial charge in [-0.15, -0.1) is 0 Å². The lowest BCUT2D eigenvalue weighted by Gasteiger charge is -2.33. The summed E-state index contributed by atoms with van der Waals surface area (Å²) in [5.41, 5.74) is 3.19. The van der Waals surface area contributed by atoms with Crippen LogP contribution in [0, 0.1) is 5.41 Å². The van der Waals surface area contributed by atoms with Crippen LogP contribution in [-0.2, 0) is 16.7 Å². The van der Waals surface area contributed by atoms with Crippen LogP contribution in [0.25, 0.3) is 0 Å². The molecule has 0 amide bonds. The lowest BCUT2D eigenvalue weighted by Crippen LogP contribution is -3.00.